The molecule has 0 radical (unpaired) electrons. The van der Waals surface area contributed by atoms with Gasteiger partial charge < -0.3 is 25.2 Å². The topological polar surface area (TPSA) is 79.8 Å². The van der Waals surface area contributed by atoms with Gasteiger partial charge in [-0.05, 0) is 25.1 Å². The molecule has 3 rings (SSSR count). The van der Waals surface area contributed by atoms with Crippen LogP contribution in [0.4, 0.5) is 0 Å². The minimum Gasteiger partial charge on any atom is -0.486 e. The van der Waals surface area contributed by atoms with Crippen molar-refractivity contribution in [2.45, 2.75) is 12.0 Å². The van der Waals surface area contributed by atoms with E-state index in [0.717, 1.165) is 6.54 Å². The van der Waals surface area contributed by atoms with Gasteiger partial charge in [0.25, 0.3) is 5.91 Å². The summed E-state index contributed by atoms with van der Waals surface area (Å²) in [6.45, 7) is 2.42. The SMILES string of the molecule is O=C(NCC1(O)CCNC1)c1cccc2c1OCCO2. The molecule has 2 aliphatic rings. The van der Waals surface area contributed by atoms with Crippen molar-refractivity contribution in [2.24, 2.45) is 0 Å². The van der Waals surface area contributed by atoms with Crippen molar-refractivity contribution in [3.63, 3.8) is 0 Å². The molecule has 0 aromatic heterocycles. The molecule has 1 unspecified atom stereocenters. The van der Waals surface area contributed by atoms with E-state index in [4.69, 9.17) is 9.47 Å². The van der Waals surface area contributed by atoms with E-state index in [0.29, 0.717) is 43.2 Å². The zero-order valence-electron chi connectivity index (χ0n) is 11.1. The highest BCUT2D eigenvalue weighted by Gasteiger charge is 2.32. The van der Waals surface area contributed by atoms with E-state index in [2.05, 4.69) is 10.6 Å². The Morgan fingerprint density at radius 1 is 1.40 bits per heavy atom. The lowest BCUT2D eigenvalue weighted by atomic mass is 10.0. The molecule has 0 saturated carbocycles. The average molecular weight is 278 g/mol. The first-order valence-corrected chi connectivity index (χ1v) is 6.78. The van der Waals surface area contributed by atoms with Gasteiger partial charge in [-0.25, -0.2) is 0 Å². The van der Waals surface area contributed by atoms with Crippen molar-refractivity contribution in [1.82, 2.24) is 10.6 Å². The van der Waals surface area contributed by atoms with Gasteiger partial charge in [0.2, 0.25) is 0 Å². The Labute approximate surface area is 117 Å². The summed E-state index contributed by atoms with van der Waals surface area (Å²) in [5.74, 6) is 0.811. The van der Waals surface area contributed by atoms with Gasteiger partial charge in [0.15, 0.2) is 11.5 Å². The Morgan fingerprint density at radius 3 is 3.05 bits per heavy atom. The Balaban J connectivity index is 1.71. The molecule has 1 atom stereocenters. The molecule has 20 heavy (non-hydrogen) atoms. The van der Waals surface area contributed by atoms with Crippen molar-refractivity contribution < 1.29 is 19.4 Å². The standard InChI is InChI=1S/C14H18N2O4/c17-13(16-9-14(18)4-5-15-8-14)10-2-1-3-11-12(10)20-7-6-19-11/h1-3,15,18H,4-9H2,(H,16,17). The first-order valence-electron chi connectivity index (χ1n) is 6.78. The van der Waals surface area contributed by atoms with Gasteiger partial charge in [-0.3, -0.25) is 4.79 Å². The maximum absolute atomic E-state index is 12.2. The second-order valence-corrected chi connectivity index (χ2v) is 5.16. The molecular weight excluding hydrogens is 260 g/mol. The van der Waals surface area contributed by atoms with Crippen molar-refractivity contribution in [2.75, 3.05) is 32.8 Å². The number of amides is 1. The number of β-amino-alcohol motifs (C(OH)–C–C–N with tert-alkyl or cyclic N) is 1. The predicted octanol–water partition coefficient (Wildman–Crippen LogP) is -0.0880. The summed E-state index contributed by atoms with van der Waals surface area (Å²) in [6, 6.07) is 5.23. The van der Waals surface area contributed by atoms with Gasteiger partial charge in [0.05, 0.1) is 11.2 Å². The molecule has 1 aromatic carbocycles. The van der Waals surface area contributed by atoms with Gasteiger partial charge in [-0.1, -0.05) is 6.07 Å². The second-order valence-electron chi connectivity index (χ2n) is 5.16. The lowest BCUT2D eigenvalue weighted by molar-refractivity contribution is 0.0559. The molecule has 2 aliphatic heterocycles. The van der Waals surface area contributed by atoms with Crippen LogP contribution in [-0.2, 0) is 0 Å². The number of hydrogen-bond donors (Lipinski definition) is 3. The molecule has 2 heterocycles. The third kappa shape index (κ3) is 2.57. The van der Waals surface area contributed by atoms with Crippen LogP contribution in [0.1, 0.15) is 16.8 Å². The number of nitrogens with one attached hydrogen (secondary N) is 2. The highest BCUT2D eigenvalue weighted by Crippen LogP contribution is 2.33. The lowest BCUT2D eigenvalue weighted by Crippen LogP contribution is -2.44. The Morgan fingerprint density at radius 2 is 2.25 bits per heavy atom. The molecule has 1 saturated heterocycles. The largest absolute Gasteiger partial charge is 0.486 e. The first-order chi connectivity index (χ1) is 9.68. The minimum atomic E-state index is -0.859. The molecule has 1 aromatic rings. The highest BCUT2D eigenvalue weighted by atomic mass is 16.6. The fraction of sp³-hybridized carbons (Fsp3) is 0.500. The lowest BCUT2D eigenvalue weighted by Gasteiger charge is -2.23. The normalized spacial score (nSPS) is 24.4. The summed E-state index contributed by atoms with van der Waals surface area (Å²) in [4.78, 5) is 12.2. The van der Waals surface area contributed by atoms with E-state index >= 15 is 0 Å². The van der Waals surface area contributed by atoms with Crippen molar-refractivity contribution in [3.05, 3.63) is 23.8 Å². The van der Waals surface area contributed by atoms with Crippen LogP contribution in [0, 0.1) is 0 Å². The number of hydrogen-bond acceptors (Lipinski definition) is 5. The summed E-state index contributed by atoms with van der Waals surface area (Å²) in [7, 11) is 0. The van der Waals surface area contributed by atoms with Gasteiger partial charge in [0, 0.05) is 13.1 Å². The number of carbonyl (C=O) groups is 1. The number of rotatable bonds is 3. The van der Waals surface area contributed by atoms with E-state index in [1.807, 2.05) is 0 Å². The van der Waals surface area contributed by atoms with Crippen LogP contribution in [0.25, 0.3) is 0 Å². The molecule has 0 spiro atoms. The number of carbonyl (C=O) groups excluding carboxylic acids is 1. The van der Waals surface area contributed by atoms with E-state index in [9.17, 15) is 9.90 Å². The summed E-state index contributed by atoms with van der Waals surface area (Å²) in [5.41, 5.74) is -0.418. The third-order valence-electron chi connectivity index (χ3n) is 3.61. The minimum absolute atomic E-state index is 0.226. The first kappa shape index (κ1) is 13.2. The van der Waals surface area contributed by atoms with E-state index < -0.39 is 5.60 Å². The monoisotopic (exact) mass is 278 g/mol. The zero-order valence-corrected chi connectivity index (χ0v) is 11.1. The molecule has 6 heteroatoms. The van der Waals surface area contributed by atoms with Crippen LogP contribution in [0.5, 0.6) is 11.5 Å². The summed E-state index contributed by atoms with van der Waals surface area (Å²) in [5, 5.41) is 16.0. The smallest absolute Gasteiger partial charge is 0.255 e. The second kappa shape index (κ2) is 5.30. The molecule has 3 N–H and O–H groups in total. The summed E-state index contributed by atoms with van der Waals surface area (Å²) in [6.07, 6.45) is 0.639. The van der Waals surface area contributed by atoms with Crippen LogP contribution in [0.2, 0.25) is 0 Å². The molecule has 108 valence electrons. The molecule has 1 amide bonds. The fourth-order valence-electron chi connectivity index (χ4n) is 2.47. The van der Waals surface area contributed by atoms with Crippen molar-refractivity contribution >= 4 is 5.91 Å². The predicted molar refractivity (Wildman–Crippen MR) is 72.2 cm³/mol. The summed E-state index contributed by atoms with van der Waals surface area (Å²) < 4.78 is 11.0. The maximum Gasteiger partial charge on any atom is 0.255 e. The number of fused-ring (bicyclic) bond motifs is 1. The van der Waals surface area contributed by atoms with Gasteiger partial charge in [-0.15, -0.1) is 0 Å². The Kier molecular flexibility index (Phi) is 3.50. The van der Waals surface area contributed by atoms with Gasteiger partial charge in [0.1, 0.15) is 13.2 Å². The van der Waals surface area contributed by atoms with Crippen molar-refractivity contribution in [1.29, 1.82) is 0 Å². The third-order valence-corrected chi connectivity index (χ3v) is 3.61. The average Bonchev–Trinajstić information content (AvgIpc) is 2.91. The maximum atomic E-state index is 12.2. The molecule has 6 nitrogen and oxygen atoms in total. The number of ether oxygens (including phenoxy) is 2. The fourth-order valence-corrected chi connectivity index (χ4v) is 2.47. The van der Waals surface area contributed by atoms with E-state index in [1.54, 1.807) is 18.2 Å². The molecular formula is C14H18N2O4. The van der Waals surface area contributed by atoms with E-state index in [-0.39, 0.29) is 12.5 Å². The van der Waals surface area contributed by atoms with Gasteiger partial charge in [-0.2, -0.15) is 0 Å². The number of para-hydroxylation sites is 1. The van der Waals surface area contributed by atoms with Crippen molar-refractivity contribution in [3.8, 4) is 11.5 Å². The summed E-state index contributed by atoms with van der Waals surface area (Å²) >= 11 is 0. The molecule has 1 fully saturated rings. The highest BCUT2D eigenvalue weighted by molar-refractivity contribution is 5.97. The Hall–Kier alpha value is -1.79. The molecule has 0 aliphatic carbocycles. The number of benzene rings is 1. The van der Waals surface area contributed by atoms with E-state index in [1.165, 1.54) is 0 Å². The van der Waals surface area contributed by atoms with Gasteiger partial charge >= 0.3 is 0 Å². The van der Waals surface area contributed by atoms with Crippen LogP contribution in [0.15, 0.2) is 18.2 Å². The van der Waals surface area contributed by atoms with Crippen LogP contribution >= 0.6 is 0 Å². The quantitative estimate of drug-likeness (QED) is 0.720. The zero-order chi connectivity index (χ0) is 14.0. The molecule has 0 bridgehead atoms. The number of aliphatic hydroxyl groups is 1. The van der Waals surface area contributed by atoms with Crippen LogP contribution < -0.4 is 20.1 Å². The Bertz CT molecular complexity index is 512. The van der Waals surface area contributed by atoms with Crippen LogP contribution in [-0.4, -0.2) is 49.5 Å². The van der Waals surface area contributed by atoms with Crippen LogP contribution in [0.3, 0.4) is 0 Å².